The third kappa shape index (κ3) is 3.69. The molecule has 3 heteroatoms. The molecule has 4 aromatic rings. The highest BCUT2D eigenvalue weighted by molar-refractivity contribution is 5.85. The number of nitrogens with zero attached hydrogens (tertiary/aromatic N) is 1. The van der Waals surface area contributed by atoms with Crippen molar-refractivity contribution in [3.8, 4) is 5.75 Å². The Morgan fingerprint density at radius 2 is 1.55 bits per heavy atom. The van der Waals surface area contributed by atoms with Crippen molar-refractivity contribution >= 4 is 22.1 Å². The maximum absolute atomic E-state index is 6.30. The Labute approximate surface area is 171 Å². The zero-order chi connectivity index (χ0) is 19.5. The molecule has 0 spiro atoms. The van der Waals surface area contributed by atoms with Gasteiger partial charge in [0.1, 0.15) is 11.9 Å². The van der Waals surface area contributed by atoms with E-state index in [1.807, 2.05) is 6.07 Å². The average molecular weight is 380 g/mol. The Bertz CT molecular complexity index is 1100. The zero-order valence-electron chi connectivity index (χ0n) is 16.3. The summed E-state index contributed by atoms with van der Waals surface area (Å²) in [4.78, 5) is 2.35. The molecule has 0 saturated heterocycles. The summed E-state index contributed by atoms with van der Waals surface area (Å²) in [6.45, 7) is 2.44. The number of ether oxygens (including phenoxy) is 1. The van der Waals surface area contributed by atoms with E-state index in [1.165, 1.54) is 22.0 Å². The third-order valence-corrected chi connectivity index (χ3v) is 5.47. The van der Waals surface area contributed by atoms with E-state index in [0.29, 0.717) is 0 Å². The van der Waals surface area contributed by atoms with Crippen LogP contribution in [0.4, 0.5) is 11.4 Å². The number of rotatable bonds is 5. The van der Waals surface area contributed by atoms with E-state index in [4.69, 9.17) is 4.74 Å². The molecule has 3 nitrogen and oxygen atoms in total. The molecule has 4 aromatic carbocycles. The third-order valence-electron chi connectivity index (χ3n) is 5.47. The number of anilines is 2. The summed E-state index contributed by atoms with van der Waals surface area (Å²) in [6, 6.07) is 33.9. The summed E-state index contributed by atoms with van der Waals surface area (Å²) in [5, 5.41) is 6.21. The van der Waals surface area contributed by atoms with Crippen LogP contribution in [-0.2, 0) is 6.54 Å². The molecule has 0 bridgehead atoms. The van der Waals surface area contributed by atoms with Gasteiger partial charge in [0.05, 0.1) is 12.2 Å². The summed E-state index contributed by atoms with van der Waals surface area (Å²) < 4.78 is 6.30. The first-order chi connectivity index (χ1) is 14.4. The Morgan fingerprint density at radius 3 is 2.48 bits per heavy atom. The molecular weight excluding hydrogens is 356 g/mol. The number of fused-ring (bicyclic) bond motifs is 2. The van der Waals surface area contributed by atoms with E-state index in [1.54, 1.807) is 0 Å². The minimum atomic E-state index is 0.0834. The predicted octanol–water partition coefficient (Wildman–Crippen LogP) is 5.53. The molecule has 1 heterocycles. The highest BCUT2D eigenvalue weighted by Crippen LogP contribution is 2.37. The van der Waals surface area contributed by atoms with Crippen LogP contribution in [0.3, 0.4) is 0 Å². The predicted molar refractivity (Wildman–Crippen MR) is 120 cm³/mol. The van der Waals surface area contributed by atoms with Gasteiger partial charge in [-0.15, -0.1) is 0 Å². The van der Waals surface area contributed by atoms with Crippen LogP contribution < -0.4 is 15.0 Å². The molecule has 1 aliphatic rings. The fourth-order valence-corrected chi connectivity index (χ4v) is 4.07. The topological polar surface area (TPSA) is 24.5 Å². The molecule has 0 aliphatic carbocycles. The molecule has 0 aromatic heterocycles. The maximum Gasteiger partial charge on any atom is 0.143 e. The molecule has 0 amide bonds. The van der Waals surface area contributed by atoms with Gasteiger partial charge in [-0.3, -0.25) is 0 Å². The Kier molecular flexibility index (Phi) is 4.89. The van der Waals surface area contributed by atoms with Gasteiger partial charge >= 0.3 is 0 Å². The largest absolute Gasteiger partial charge is 0.485 e. The molecule has 1 unspecified atom stereocenters. The zero-order valence-corrected chi connectivity index (χ0v) is 16.3. The first-order valence-corrected chi connectivity index (χ1v) is 10.1. The van der Waals surface area contributed by atoms with Crippen molar-refractivity contribution in [1.82, 2.24) is 5.32 Å². The van der Waals surface area contributed by atoms with Crippen molar-refractivity contribution in [2.24, 2.45) is 0 Å². The van der Waals surface area contributed by atoms with Gasteiger partial charge in [-0.1, -0.05) is 72.8 Å². The molecule has 0 saturated carbocycles. The van der Waals surface area contributed by atoms with Crippen LogP contribution in [0.1, 0.15) is 5.56 Å². The fraction of sp³-hybridized carbons (Fsp3) is 0.154. The SMILES string of the molecule is c1ccc(N2CC(CNCc3cccc4ccccc34)Oc3ccccc32)cc1. The van der Waals surface area contributed by atoms with Gasteiger partial charge in [-0.05, 0) is 40.6 Å². The van der Waals surface area contributed by atoms with Crippen LogP contribution in [0.2, 0.25) is 0 Å². The van der Waals surface area contributed by atoms with Crippen molar-refractivity contribution in [3.63, 3.8) is 0 Å². The minimum absolute atomic E-state index is 0.0834. The quantitative estimate of drug-likeness (QED) is 0.493. The van der Waals surface area contributed by atoms with Crippen LogP contribution in [0.25, 0.3) is 10.8 Å². The maximum atomic E-state index is 6.30. The lowest BCUT2D eigenvalue weighted by atomic mass is 10.0. The van der Waals surface area contributed by atoms with Gasteiger partial charge in [0.15, 0.2) is 0 Å². The van der Waals surface area contributed by atoms with Gasteiger partial charge in [0.25, 0.3) is 0 Å². The van der Waals surface area contributed by atoms with Gasteiger partial charge < -0.3 is 15.0 Å². The monoisotopic (exact) mass is 380 g/mol. The Morgan fingerprint density at radius 1 is 0.793 bits per heavy atom. The van der Waals surface area contributed by atoms with E-state index in [2.05, 4.69) is 101 Å². The molecule has 5 rings (SSSR count). The summed E-state index contributed by atoms with van der Waals surface area (Å²) in [5.74, 6) is 0.944. The van der Waals surface area contributed by atoms with Gasteiger partial charge in [-0.2, -0.15) is 0 Å². The fourth-order valence-electron chi connectivity index (χ4n) is 4.07. The van der Waals surface area contributed by atoms with Gasteiger partial charge in [0.2, 0.25) is 0 Å². The minimum Gasteiger partial charge on any atom is -0.485 e. The van der Waals surface area contributed by atoms with Crippen molar-refractivity contribution in [3.05, 3.63) is 103 Å². The number of para-hydroxylation sites is 3. The highest BCUT2D eigenvalue weighted by Gasteiger charge is 2.26. The van der Waals surface area contributed by atoms with Crippen LogP contribution >= 0.6 is 0 Å². The lowest BCUT2D eigenvalue weighted by Gasteiger charge is -2.36. The second-order valence-electron chi connectivity index (χ2n) is 7.42. The lowest BCUT2D eigenvalue weighted by molar-refractivity contribution is 0.194. The van der Waals surface area contributed by atoms with Crippen LogP contribution in [0.5, 0.6) is 5.75 Å². The van der Waals surface area contributed by atoms with E-state index < -0.39 is 0 Å². The number of hydrogen-bond donors (Lipinski definition) is 1. The molecule has 0 fully saturated rings. The van der Waals surface area contributed by atoms with Crippen molar-refractivity contribution in [1.29, 1.82) is 0 Å². The first-order valence-electron chi connectivity index (χ1n) is 10.1. The van der Waals surface area contributed by atoms with Gasteiger partial charge in [0, 0.05) is 18.8 Å². The lowest BCUT2D eigenvalue weighted by Crippen LogP contribution is -2.43. The standard InChI is InChI=1S/C26H24N2O/c1-2-12-22(13-3-1)28-19-23(29-26-16-7-6-15-25(26)28)18-27-17-21-11-8-10-20-9-4-5-14-24(20)21/h1-16,23,27H,17-19H2. The second-order valence-corrected chi connectivity index (χ2v) is 7.42. The molecule has 1 aliphatic heterocycles. The summed E-state index contributed by atoms with van der Waals surface area (Å²) in [5.41, 5.74) is 3.64. The average Bonchev–Trinajstić information content (AvgIpc) is 2.79. The van der Waals surface area contributed by atoms with E-state index in [0.717, 1.165) is 31.1 Å². The number of hydrogen-bond acceptors (Lipinski definition) is 3. The van der Waals surface area contributed by atoms with E-state index in [-0.39, 0.29) is 6.10 Å². The molecule has 1 N–H and O–H groups in total. The van der Waals surface area contributed by atoms with Crippen LogP contribution in [0.15, 0.2) is 97.1 Å². The Balaban J connectivity index is 1.32. The van der Waals surface area contributed by atoms with Crippen molar-refractivity contribution < 1.29 is 4.74 Å². The summed E-state index contributed by atoms with van der Waals surface area (Å²) in [7, 11) is 0. The van der Waals surface area contributed by atoms with Crippen LogP contribution in [0, 0.1) is 0 Å². The molecule has 144 valence electrons. The van der Waals surface area contributed by atoms with E-state index >= 15 is 0 Å². The number of benzene rings is 4. The molecule has 1 atom stereocenters. The van der Waals surface area contributed by atoms with Crippen LogP contribution in [-0.4, -0.2) is 19.2 Å². The normalized spacial score (nSPS) is 15.7. The molecule has 29 heavy (non-hydrogen) atoms. The molecular formula is C26H24N2O. The van der Waals surface area contributed by atoms with Crippen molar-refractivity contribution in [2.75, 3.05) is 18.0 Å². The summed E-state index contributed by atoms with van der Waals surface area (Å²) in [6.07, 6.45) is 0.0834. The molecule has 0 radical (unpaired) electrons. The Hall–Kier alpha value is -3.30. The second kappa shape index (κ2) is 7.98. The van der Waals surface area contributed by atoms with Crippen molar-refractivity contribution in [2.45, 2.75) is 12.6 Å². The van der Waals surface area contributed by atoms with E-state index in [9.17, 15) is 0 Å². The summed E-state index contributed by atoms with van der Waals surface area (Å²) >= 11 is 0. The highest BCUT2D eigenvalue weighted by atomic mass is 16.5. The number of nitrogens with one attached hydrogen (secondary N) is 1. The smallest absolute Gasteiger partial charge is 0.143 e. The first kappa shape index (κ1) is 17.8. The van der Waals surface area contributed by atoms with Gasteiger partial charge in [-0.25, -0.2) is 0 Å².